The van der Waals surface area contributed by atoms with E-state index in [1.54, 1.807) is 25.4 Å². The van der Waals surface area contributed by atoms with Gasteiger partial charge in [0.15, 0.2) is 17.6 Å². The van der Waals surface area contributed by atoms with Crippen LogP contribution in [0.4, 0.5) is 10.2 Å². The van der Waals surface area contributed by atoms with Crippen LogP contribution < -0.4 is 20.3 Å². The highest BCUT2D eigenvalue weighted by Crippen LogP contribution is 2.20. The van der Waals surface area contributed by atoms with Gasteiger partial charge in [-0.25, -0.2) is 22.5 Å². The van der Waals surface area contributed by atoms with E-state index in [-0.39, 0.29) is 17.6 Å². The van der Waals surface area contributed by atoms with Crippen LogP contribution in [0.25, 0.3) is 0 Å². The van der Waals surface area contributed by atoms with Gasteiger partial charge in [0, 0.05) is 38.9 Å². The fourth-order valence-corrected chi connectivity index (χ4v) is 4.14. The topological polar surface area (TPSA) is 98.7 Å². The Hall–Kier alpha value is -2.72. The first kappa shape index (κ1) is 22.0. The van der Waals surface area contributed by atoms with Crippen molar-refractivity contribution in [2.24, 2.45) is 4.99 Å². The first-order chi connectivity index (χ1) is 14.4. The third-order valence-corrected chi connectivity index (χ3v) is 6.25. The van der Waals surface area contributed by atoms with Crippen molar-refractivity contribution in [3.8, 4) is 0 Å². The largest absolute Gasteiger partial charge is 0.352 e. The van der Waals surface area contributed by atoms with Gasteiger partial charge in [-0.3, -0.25) is 4.99 Å². The molecule has 0 radical (unpaired) electrons. The van der Waals surface area contributed by atoms with Crippen molar-refractivity contribution < 1.29 is 12.8 Å². The Kier molecular flexibility index (Phi) is 7.22. The third-order valence-electron chi connectivity index (χ3n) is 4.91. The van der Waals surface area contributed by atoms with Crippen molar-refractivity contribution in [1.82, 2.24) is 20.3 Å². The lowest BCUT2D eigenvalue weighted by molar-refractivity contribution is 0.587. The lowest BCUT2D eigenvalue weighted by atomic mass is 10.1. The fourth-order valence-electron chi connectivity index (χ4n) is 3.38. The number of pyridine rings is 1. The molecule has 1 unspecified atom stereocenters. The molecule has 10 heteroatoms. The van der Waals surface area contributed by atoms with E-state index >= 15 is 0 Å². The summed E-state index contributed by atoms with van der Waals surface area (Å²) in [6.45, 7) is 1.84. The molecule has 3 N–H and O–H groups in total. The number of guanidine groups is 1. The van der Waals surface area contributed by atoms with Gasteiger partial charge in [-0.2, -0.15) is 0 Å². The second-order valence-electron chi connectivity index (χ2n) is 7.09. The molecule has 1 aliphatic rings. The number of hydrogen-bond acceptors (Lipinski definition) is 5. The van der Waals surface area contributed by atoms with Crippen LogP contribution in [0.15, 0.2) is 47.6 Å². The van der Waals surface area contributed by atoms with Crippen LogP contribution >= 0.6 is 0 Å². The predicted octanol–water partition coefficient (Wildman–Crippen LogP) is 1.21. The Morgan fingerprint density at radius 1 is 1.30 bits per heavy atom. The first-order valence-electron chi connectivity index (χ1n) is 9.72. The molecule has 1 atom stereocenters. The van der Waals surface area contributed by atoms with Crippen molar-refractivity contribution in [2.75, 3.05) is 32.1 Å². The summed E-state index contributed by atoms with van der Waals surface area (Å²) in [5, 5.41) is 6.61. The second kappa shape index (κ2) is 9.86. The zero-order chi connectivity index (χ0) is 21.6. The Balaban J connectivity index is 1.54. The van der Waals surface area contributed by atoms with Crippen LogP contribution in [-0.4, -0.2) is 52.6 Å². The molecule has 1 aliphatic heterocycles. The maximum atomic E-state index is 14.0. The summed E-state index contributed by atoms with van der Waals surface area (Å²) in [5.41, 5.74) is 1.67. The van der Waals surface area contributed by atoms with Gasteiger partial charge in [0.1, 0.15) is 0 Å². The van der Waals surface area contributed by atoms with Crippen molar-refractivity contribution in [2.45, 2.75) is 24.8 Å². The maximum Gasteiger partial charge on any atom is 0.215 e. The second-order valence-corrected chi connectivity index (χ2v) is 9.02. The molecular weight excluding hydrogens is 407 g/mol. The van der Waals surface area contributed by atoms with E-state index < -0.39 is 10.0 Å². The Morgan fingerprint density at radius 3 is 2.83 bits per heavy atom. The summed E-state index contributed by atoms with van der Waals surface area (Å²) >= 11 is 0. The molecule has 1 saturated heterocycles. The molecule has 30 heavy (non-hydrogen) atoms. The van der Waals surface area contributed by atoms with Gasteiger partial charge < -0.3 is 15.5 Å². The molecule has 0 aliphatic carbocycles. The Bertz CT molecular complexity index is 998. The van der Waals surface area contributed by atoms with Gasteiger partial charge in [0.05, 0.1) is 5.75 Å². The van der Waals surface area contributed by atoms with Gasteiger partial charge in [-0.05, 0) is 36.7 Å². The number of hydrogen-bond donors (Lipinski definition) is 3. The van der Waals surface area contributed by atoms with Crippen LogP contribution in [0.2, 0.25) is 0 Å². The zero-order valence-corrected chi connectivity index (χ0v) is 17.9. The van der Waals surface area contributed by atoms with Gasteiger partial charge in [-0.15, -0.1) is 0 Å². The third kappa shape index (κ3) is 5.90. The number of nitrogens with zero attached hydrogens (tertiary/aromatic N) is 3. The molecule has 0 bridgehead atoms. The number of aliphatic imine (C=N–C) groups is 1. The SMILES string of the molecule is CN=C(NCc1cccc(CS(=O)(=O)NC)c1)NC1CCN(c2ncccc2F)C1. The van der Waals surface area contributed by atoms with Crippen LogP contribution in [0, 0.1) is 5.82 Å². The summed E-state index contributed by atoms with van der Waals surface area (Å²) in [5.74, 6) is 0.627. The van der Waals surface area contributed by atoms with Gasteiger partial charge in [-0.1, -0.05) is 24.3 Å². The Labute approximate surface area is 176 Å². The molecule has 2 aromatic rings. The number of anilines is 1. The van der Waals surface area contributed by atoms with E-state index in [2.05, 4.69) is 25.3 Å². The first-order valence-corrected chi connectivity index (χ1v) is 11.4. The molecule has 0 spiro atoms. The zero-order valence-electron chi connectivity index (χ0n) is 17.1. The average molecular weight is 435 g/mol. The summed E-state index contributed by atoms with van der Waals surface area (Å²) in [6, 6.07) is 10.5. The summed E-state index contributed by atoms with van der Waals surface area (Å²) in [6.07, 6.45) is 2.43. The van der Waals surface area contributed by atoms with Crippen LogP contribution in [-0.2, 0) is 22.3 Å². The van der Waals surface area contributed by atoms with E-state index in [0.717, 1.165) is 17.5 Å². The van der Waals surface area contributed by atoms with Crippen molar-refractivity contribution in [1.29, 1.82) is 0 Å². The highest BCUT2D eigenvalue weighted by molar-refractivity contribution is 7.88. The minimum absolute atomic E-state index is 0.0632. The number of benzene rings is 1. The normalized spacial score (nSPS) is 17.2. The molecule has 1 aromatic heterocycles. The minimum atomic E-state index is -3.32. The molecular formula is C20H27FN6O2S. The van der Waals surface area contributed by atoms with Crippen LogP contribution in [0.1, 0.15) is 17.5 Å². The summed E-state index contributed by atoms with van der Waals surface area (Å²) < 4.78 is 39.8. The lowest BCUT2D eigenvalue weighted by Crippen LogP contribution is -2.44. The highest BCUT2D eigenvalue weighted by atomic mass is 32.2. The molecule has 0 saturated carbocycles. The highest BCUT2D eigenvalue weighted by Gasteiger charge is 2.25. The lowest BCUT2D eigenvalue weighted by Gasteiger charge is -2.20. The molecule has 8 nitrogen and oxygen atoms in total. The molecule has 1 aromatic carbocycles. The quantitative estimate of drug-likeness (QED) is 0.448. The molecule has 1 fully saturated rings. The van der Waals surface area contributed by atoms with E-state index in [1.165, 1.54) is 13.1 Å². The number of nitrogens with one attached hydrogen (secondary N) is 3. The number of aromatic nitrogens is 1. The molecule has 3 rings (SSSR count). The number of rotatable bonds is 7. The number of sulfonamides is 1. The van der Waals surface area contributed by atoms with Gasteiger partial charge in [0.2, 0.25) is 10.0 Å². The number of halogens is 1. The molecule has 162 valence electrons. The smallest absolute Gasteiger partial charge is 0.215 e. The van der Waals surface area contributed by atoms with Crippen molar-refractivity contribution in [3.63, 3.8) is 0 Å². The monoisotopic (exact) mass is 434 g/mol. The minimum Gasteiger partial charge on any atom is -0.352 e. The predicted molar refractivity (Wildman–Crippen MR) is 116 cm³/mol. The van der Waals surface area contributed by atoms with Gasteiger partial charge >= 0.3 is 0 Å². The van der Waals surface area contributed by atoms with Crippen LogP contribution in [0.5, 0.6) is 0 Å². The molecule has 2 heterocycles. The summed E-state index contributed by atoms with van der Waals surface area (Å²) in [4.78, 5) is 10.3. The maximum absolute atomic E-state index is 14.0. The van der Waals surface area contributed by atoms with Gasteiger partial charge in [0.25, 0.3) is 0 Å². The van der Waals surface area contributed by atoms with Crippen LogP contribution in [0.3, 0.4) is 0 Å². The summed E-state index contributed by atoms with van der Waals surface area (Å²) in [7, 11) is -0.219. The van der Waals surface area contributed by atoms with E-state index in [1.807, 2.05) is 23.1 Å². The van der Waals surface area contributed by atoms with E-state index in [9.17, 15) is 12.8 Å². The van der Waals surface area contributed by atoms with E-state index in [0.29, 0.717) is 31.4 Å². The standard InChI is InChI=1S/C20H27FN6O2S/c1-22-20(25-12-15-5-3-6-16(11-15)14-30(28,29)23-2)26-17-8-10-27(13-17)19-18(21)7-4-9-24-19/h3-7,9,11,17,23H,8,10,12-14H2,1-2H3,(H2,22,25,26). The Morgan fingerprint density at radius 2 is 2.10 bits per heavy atom. The van der Waals surface area contributed by atoms with E-state index in [4.69, 9.17) is 0 Å². The molecule has 0 amide bonds. The van der Waals surface area contributed by atoms with Crippen molar-refractivity contribution >= 4 is 21.8 Å². The average Bonchev–Trinajstić information content (AvgIpc) is 3.19. The fraction of sp³-hybridized carbons (Fsp3) is 0.400. The van der Waals surface area contributed by atoms with Crippen molar-refractivity contribution in [3.05, 3.63) is 59.5 Å².